The molecule has 0 radical (unpaired) electrons. The monoisotopic (exact) mass is 261 g/mol. The standard InChI is InChI=1S/C16H20FNO/c17-15-9-7-13(8-10-15)4-3-11-18-16-6-2-1-5-14(16)12-19/h7-10,14,16,18-19H,1-2,5-6,11-12H2/t14-,16-/m0/s1. The third-order valence-electron chi connectivity index (χ3n) is 3.67. The molecular weight excluding hydrogens is 241 g/mol. The van der Waals surface area contributed by atoms with Crippen molar-refractivity contribution in [2.45, 2.75) is 31.7 Å². The van der Waals surface area contributed by atoms with Crippen LogP contribution in [0, 0.1) is 23.6 Å². The number of aliphatic hydroxyl groups excluding tert-OH is 1. The number of benzene rings is 1. The molecule has 0 aliphatic heterocycles. The van der Waals surface area contributed by atoms with E-state index in [4.69, 9.17) is 0 Å². The fourth-order valence-electron chi connectivity index (χ4n) is 2.56. The Morgan fingerprint density at radius 2 is 1.95 bits per heavy atom. The van der Waals surface area contributed by atoms with Gasteiger partial charge in [0.25, 0.3) is 0 Å². The Kier molecular flexibility index (Phi) is 5.38. The van der Waals surface area contributed by atoms with Crippen molar-refractivity contribution in [2.75, 3.05) is 13.2 Å². The molecule has 1 aliphatic carbocycles. The highest BCUT2D eigenvalue weighted by Gasteiger charge is 2.23. The van der Waals surface area contributed by atoms with Crippen LogP contribution in [0.4, 0.5) is 4.39 Å². The van der Waals surface area contributed by atoms with E-state index in [0.717, 1.165) is 18.4 Å². The number of hydrogen-bond donors (Lipinski definition) is 2. The molecule has 1 aromatic carbocycles. The number of aliphatic hydroxyl groups is 1. The molecule has 2 nitrogen and oxygen atoms in total. The Morgan fingerprint density at radius 1 is 1.21 bits per heavy atom. The minimum atomic E-state index is -0.239. The lowest BCUT2D eigenvalue weighted by Crippen LogP contribution is -2.40. The van der Waals surface area contributed by atoms with Crippen LogP contribution in [-0.4, -0.2) is 24.3 Å². The van der Waals surface area contributed by atoms with Gasteiger partial charge < -0.3 is 10.4 Å². The summed E-state index contributed by atoms with van der Waals surface area (Å²) in [5.74, 6) is 6.17. The summed E-state index contributed by atoms with van der Waals surface area (Å²) < 4.78 is 12.7. The third-order valence-corrected chi connectivity index (χ3v) is 3.67. The quantitative estimate of drug-likeness (QED) is 0.818. The second-order valence-corrected chi connectivity index (χ2v) is 5.02. The molecule has 0 amide bonds. The van der Waals surface area contributed by atoms with Crippen LogP contribution in [0.1, 0.15) is 31.2 Å². The van der Waals surface area contributed by atoms with Crippen LogP contribution in [0.5, 0.6) is 0 Å². The van der Waals surface area contributed by atoms with E-state index < -0.39 is 0 Å². The van der Waals surface area contributed by atoms with E-state index >= 15 is 0 Å². The van der Waals surface area contributed by atoms with E-state index in [1.54, 1.807) is 12.1 Å². The molecule has 19 heavy (non-hydrogen) atoms. The molecule has 0 saturated heterocycles. The van der Waals surface area contributed by atoms with Crippen molar-refractivity contribution in [2.24, 2.45) is 5.92 Å². The number of nitrogens with one attached hydrogen (secondary N) is 1. The molecular formula is C16H20FNO. The van der Waals surface area contributed by atoms with Gasteiger partial charge in [0.05, 0.1) is 6.54 Å². The van der Waals surface area contributed by atoms with Crippen LogP contribution in [0.3, 0.4) is 0 Å². The van der Waals surface area contributed by atoms with Gasteiger partial charge in [-0.2, -0.15) is 0 Å². The van der Waals surface area contributed by atoms with Gasteiger partial charge in [-0.25, -0.2) is 4.39 Å². The van der Waals surface area contributed by atoms with Crippen molar-refractivity contribution in [3.05, 3.63) is 35.6 Å². The van der Waals surface area contributed by atoms with Gasteiger partial charge in [0.1, 0.15) is 5.82 Å². The zero-order chi connectivity index (χ0) is 13.5. The molecule has 102 valence electrons. The molecule has 0 unspecified atom stereocenters. The summed E-state index contributed by atoms with van der Waals surface area (Å²) in [4.78, 5) is 0. The van der Waals surface area contributed by atoms with E-state index in [2.05, 4.69) is 17.2 Å². The van der Waals surface area contributed by atoms with Crippen molar-refractivity contribution < 1.29 is 9.50 Å². The van der Waals surface area contributed by atoms with Crippen molar-refractivity contribution >= 4 is 0 Å². The van der Waals surface area contributed by atoms with Crippen LogP contribution in [-0.2, 0) is 0 Å². The zero-order valence-corrected chi connectivity index (χ0v) is 11.0. The summed E-state index contributed by atoms with van der Waals surface area (Å²) in [5, 5.41) is 12.7. The van der Waals surface area contributed by atoms with Gasteiger partial charge in [0.2, 0.25) is 0 Å². The Hall–Kier alpha value is -1.37. The molecule has 2 atom stereocenters. The molecule has 1 fully saturated rings. The summed E-state index contributed by atoms with van der Waals surface area (Å²) in [5.41, 5.74) is 0.825. The van der Waals surface area contributed by atoms with E-state index in [9.17, 15) is 9.50 Å². The maximum atomic E-state index is 12.7. The lowest BCUT2D eigenvalue weighted by molar-refractivity contribution is 0.155. The summed E-state index contributed by atoms with van der Waals surface area (Å²) in [6.45, 7) is 0.863. The van der Waals surface area contributed by atoms with E-state index in [1.165, 1.54) is 25.0 Å². The smallest absolute Gasteiger partial charge is 0.123 e. The van der Waals surface area contributed by atoms with Crippen molar-refractivity contribution in [3.63, 3.8) is 0 Å². The zero-order valence-electron chi connectivity index (χ0n) is 11.0. The van der Waals surface area contributed by atoms with E-state index in [0.29, 0.717) is 18.5 Å². The van der Waals surface area contributed by atoms with Gasteiger partial charge in [0, 0.05) is 18.2 Å². The maximum absolute atomic E-state index is 12.7. The molecule has 0 heterocycles. The van der Waals surface area contributed by atoms with Gasteiger partial charge in [-0.15, -0.1) is 0 Å². The van der Waals surface area contributed by atoms with Crippen LogP contribution in [0.2, 0.25) is 0 Å². The van der Waals surface area contributed by atoms with Gasteiger partial charge in [-0.3, -0.25) is 0 Å². The Bertz CT molecular complexity index is 446. The second-order valence-electron chi connectivity index (χ2n) is 5.02. The first-order chi connectivity index (χ1) is 9.29. The van der Waals surface area contributed by atoms with Crippen molar-refractivity contribution in [1.82, 2.24) is 5.32 Å². The van der Waals surface area contributed by atoms with Gasteiger partial charge >= 0.3 is 0 Å². The van der Waals surface area contributed by atoms with Gasteiger partial charge in [0.15, 0.2) is 0 Å². The Labute approximate surface area is 114 Å². The predicted molar refractivity (Wildman–Crippen MR) is 74.1 cm³/mol. The molecule has 0 bridgehead atoms. The highest BCUT2D eigenvalue weighted by atomic mass is 19.1. The van der Waals surface area contributed by atoms with Crippen LogP contribution in [0.15, 0.2) is 24.3 Å². The second kappa shape index (κ2) is 7.28. The molecule has 1 saturated carbocycles. The average Bonchev–Trinajstić information content (AvgIpc) is 2.46. The van der Waals surface area contributed by atoms with Crippen LogP contribution in [0.25, 0.3) is 0 Å². The lowest BCUT2D eigenvalue weighted by Gasteiger charge is -2.30. The minimum absolute atomic E-state index is 0.239. The normalized spacial score (nSPS) is 22.6. The number of rotatable bonds is 3. The van der Waals surface area contributed by atoms with E-state index in [1.807, 2.05) is 0 Å². The molecule has 0 aromatic heterocycles. The number of halogens is 1. The van der Waals surface area contributed by atoms with Crippen molar-refractivity contribution in [3.8, 4) is 11.8 Å². The summed E-state index contributed by atoms with van der Waals surface area (Å²) in [7, 11) is 0. The van der Waals surface area contributed by atoms with E-state index in [-0.39, 0.29) is 12.4 Å². The summed E-state index contributed by atoms with van der Waals surface area (Å²) >= 11 is 0. The minimum Gasteiger partial charge on any atom is -0.396 e. The van der Waals surface area contributed by atoms with Gasteiger partial charge in [-0.1, -0.05) is 24.7 Å². The molecule has 1 aromatic rings. The lowest BCUT2D eigenvalue weighted by atomic mass is 9.85. The molecule has 2 rings (SSSR count). The SMILES string of the molecule is OC[C@@H]1CCCC[C@@H]1NCC#Cc1ccc(F)cc1. The van der Waals surface area contributed by atoms with Gasteiger partial charge in [-0.05, 0) is 43.0 Å². The largest absolute Gasteiger partial charge is 0.396 e. The Morgan fingerprint density at radius 3 is 2.68 bits per heavy atom. The maximum Gasteiger partial charge on any atom is 0.123 e. The van der Waals surface area contributed by atoms with Crippen LogP contribution < -0.4 is 5.32 Å². The predicted octanol–water partition coefficient (Wildman–Crippen LogP) is 2.32. The molecule has 1 aliphatic rings. The van der Waals surface area contributed by atoms with Crippen LogP contribution >= 0.6 is 0 Å². The first-order valence-electron chi connectivity index (χ1n) is 6.88. The topological polar surface area (TPSA) is 32.3 Å². The highest BCUT2D eigenvalue weighted by Crippen LogP contribution is 2.23. The summed E-state index contributed by atoms with van der Waals surface area (Å²) in [6.07, 6.45) is 4.65. The molecule has 2 N–H and O–H groups in total. The third kappa shape index (κ3) is 4.34. The highest BCUT2D eigenvalue weighted by molar-refractivity contribution is 5.34. The molecule has 0 spiro atoms. The fourth-order valence-corrected chi connectivity index (χ4v) is 2.56. The first kappa shape index (κ1) is 14.0. The molecule has 3 heteroatoms. The average molecular weight is 261 g/mol. The summed E-state index contributed by atoms with van der Waals surface area (Å²) in [6, 6.07) is 6.57. The van der Waals surface area contributed by atoms with Crippen molar-refractivity contribution in [1.29, 1.82) is 0 Å². The fraction of sp³-hybridized carbons (Fsp3) is 0.500. The first-order valence-corrected chi connectivity index (χ1v) is 6.88. The Balaban J connectivity index is 1.81. The number of hydrogen-bond acceptors (Lipinski definition) is 2.